The highest BCUT2D eigenvalue weighted by atomic mass is 79.9. The second-order valence-corrected chi connectivity index (χ2v) is 7.66. The summed E-state index contributed by atoms with van der Waals surface area (Å²) >= 11 is 3.02. The maximum Gasteiger partial charge on any atom is 0.343 e. The van der Waals surface area contributed by atoms with Crippen LogP contribution in [0.25, 0.3) is 0 Å². The molecule has 0 aliphatic heterocycles. The Morgan fingerprint density at radius 2 is 1.93 bits per heavy atom. The first kappa shape index (κ1) is 22.4. The van der Waals surface area contributed by atoms with Crippen LogP contribution in [-0.4, -0.2) is 56.0 Å². The van der Waals surface area contributed by atoms with E-state index < -0.39 is 27.0 Å². The molecule has 2 aromatic heterocycles. The molecule has 2 rings (SSSR count). The number of ether oxygens (including phenoxy) is 3. The number of halogens is 1. The summed E-state index contributed by atoms with van der Waals surface area (Å²) in [7, 11) is -0.426. The molecule has 0 atom stereocenters. The number of carbonyl (C=O) groups excluding carboxylic acids is 2. The van der Waals surface area contributed by atoms with Gasteiger partial charge in [-0.3, -0.25) is 10.00 Å². The van der Waals surface area contributed by atoms with Crippen molar-refractivity contribution in [2.45, 2.75) is 11.9 Å². The van der Waals surface area contributed by atoms with Crippen molar-refractivity contribution in [3.8, 4) is 11.6 Å². The van der Waals surface area contributed by atoms with Gasteiger partial charge in [0, 0.05) is 19.2 Å². The standard InChI is InChI=1S/C15H18BrN5O7S/c1-5-28-14(22)11-12(16)19-21(2)13(11)29(24,25)20-15(23)18-9-6-8(26-3)7-10(17-9)27-4/h6-7H,5H2,1-4H3,(H2,17,18,20,23). The fourth-order valence-electron chi connectivity index (χ4n) is 2.24. The van der Waals surface area contributed by atoms with Crippen LogP contribution in [0.4, 0.5) is 10.6 Å². The summed E-state index contributed by atoms with van der Waals surface area (Å²) < 4.78 is 43.0. The molecule has 0 aliphatic rings. The molecule has 0 saturated carbocycles. The molecule has 12 nitrogen and oxygen atoms in total. The van der Waals surface area contributed by atoms with Gasteiger partial charge in [0.05, 0.1) is 20.8 Å². The summed E-state index contributed by atoms with van der Waals surface area (Å²) in [5, 5.41) is 5.57. The predicted molar refractivity (Wildman–Crippen MR) is 104 cm³/mol. The lowest BCUT2D eigenvalue weighted by atomic mass is 10.4. The second kappa shape index (κ2) is 9.09. The predicted octanol–water partition coefficient (Wildman–Crippen LogP) is 1.28. The van der Waals surface area contributed by atoms with Crippen molar-refractivity contribution in [1.29, 1.82) is 0 Å². The summed E-state index contributed by atoms with van der Waals surface area (Å²) in [6.07, 6.45) is 0. The lowest BCUT2D eigenvalue weighted by Gasteiger charge is -2.11. The van der Waals surface area contributed by atoms with Gasteiger partial charge in [0.1, 0.15) is 21.7 Å². The number of urea groups is 1. The van der Waals surface area contributed by atoms with Crippen LogP contribution in [0, 0.1) is 0 Å². The lowest BCUT2D eigenvalue weighted by molar-refractivity contribution is 0.0520. The van der Waals surface area contributed by atoms with E-state index in [0.717, 1.165) is 4.68 Å². The topological polar surface area (TPSA) is 151 Å². The van der Waals surface area contributed by atoms with Gasteiger partial charge in [0.15, 0.2) is 5.03 Å². The third kappa shape index (κ3) is 5.14. The van der Waals surface area contributed by atoms with E-state index in [0.29, 0.717) is 5.75 Å². The van der Waals surface area contributed by atoms with Crippen LogP contribution in [0.1, 0.15) is 17.3 Å². The zero-order valence-corrected chi connectivity index (χ0v) is 18.2. The van der Waals surface area contributed by atoms with Crippen LogP contribution in [0.15, 0.2) is 21.8 Å². The Morgan fingerprint density at radius 1 is 1.24 bits per heavy atom. The van der Waals surface area contributed by atoms with Crippen molar-refractivity contribution in [3.63, 3.8) is 0 Å². The van der Waals surface area contributed by atoms with Gasteiger partial charge in [-0.15, -0.1) is 0 Å². The number of nitrogens with zero attached hydrogens (tertiary/aromatic N) is 3. The third-order valence-corrected chi connectivity index (χ3v) is 5.36. The molecule has 2 N–H and O–H groups in total. The number of aromatic nitrogens is 3. The highest BCUT2D eigenvalue weighted by Crippen LogP contribution is 2.25. The summed E-state index contributed by atoms with van der Waals surface area (Å²) in [5.74, 6) is -0.462. The number of amides is 2. The molecule has 0 fully saturated rings. The van der Waals surface area contributed by atoms with Gasteiger partial charge in [-0.25, -0.2) is 14.3 Å². The molecule has 0 radical (unpaired) electrons. The van der Waals surface area contributed by atoms with Crippen LogP contribution in [0.3, 0.4) is 0 Å². The van der Waals surface area contributed by atoms with Gasteiger partial charge in [-0.2, -0.15) is 18.5 Å². The molecule has 2 aromatic rings. The van der Waals surface area contributed by atoms with E-state index in [9.17, 15) is 18.0 Å². The van der Waals surface area contributed by atoms with E-state index in [1.54, 1.807) is 11.6 Å². The van der Waals surface area contributed by atoms with Crippen LogP contribution < -0.4 is 19.5 Å². The number of pyridine rings is 1. The van der Waals surface area contributed by atoms with Crippen molar-refractivity contribution in [2.24, 2.45) is 7.05 Å². The minimum atomic E-state index is -4.50. The molecule has 2 heterocycles. The van der Waals surface area contributed by atoms with Crippen molar-refractivity contribution >= 4 is 43.8 Å². The summed E-state index contributed by atoms with van der Waals surface area (Å²) in [5.41, 5.74) is -0.337. The van der Waals surface area contributed by atoms with Gasteiger partial charge in [0.2, 0.25) is 5.88 Å². The van der Waals surface area contributed by atoms with Crippen molar-refractivity contribution in [1.82, 2.24) is 19.5 Å². The van der Waals surface area contributed by atoms with E-state index in [-0.39, 0.29) is 28.5 Å². The maximum atomic E-state index is 12.7. The first-order chi connectivity index (χ1) is 13.6. The van der Waals surface area contributed by atoms with Gasteiger partial charge in [-0.1, -0.05) is 0 Å². The Balaban J connectivity index is 2.31. The van der Waals surface area contributed by atoms with Gasteiger partial charge in [-0.05, 0) is 22.9 Å². The first-order valence-electron chi connectivity index (χ1n) is 7.96. The average Bonchev–Trinajstić information content (AvgIpc) is 2.95. The molecular weight excluding hydrogens is 474 g/mol. The number of anilines is 1. The minimum absolute atomic E-state index is 0.0225. The number of nitrogens with one attached hydrogen (secondary N) is 2. The lowest BCUT2D eigenvalue weighted by Crippen LogP contribution is -2.36. The Hall–Kier alpha value is -2.87. The summed E-state index contributed by atoms with van der Waals surface area (Å²) in [6, 6.07) is 1.71. The molecule has 0 bridgehead atoms. The molecule has 0 aromatic carbocycles. The van der Waals surface area contributed by atoms with Gasteiger partial charge in [0.25, 0.3) is 10.0 Å². The zero-order chi connectivity index (χ0) is 21.8. The van der Waals surface area contributed by atoms with Crippen molar-refractivity contribution in [3.05, 3.63) is 22.3 Å². The summed E-state index contributed by atoms with van der Waals surface area (Å²) in [4.78, 5) is 28.3. The van der Waals surface area contributed by atoms with E-state index in [4.69, 9.17) is 14.2 Å². The molecule has 158 valence electrons. The van der Waals surface area contributed by atoms with E-state index in [1.807, 2.05) is 0 Å². The van der Waals surface area contributed by atoms with Crippen molar-refractivity contribution in [2.75, 3.05) is 26.1 Å². The number of aryl methyl sites for hydroxylation is 1. The Bertz CT molecular complexity index is 1020. The average molecular weight is 492 g/mol. The van der Waals surface area contributed by atoms with Crippen LogP contribution in [0.5, 0.6) is 11.6 Å². The highest BCUT2D eigenvalue weighted by Gasteiger charge is 2.33. The Kier molecular flexibility index (Phi) is 7.02. The fourth-order valence-corrected chi connectivity index (χ4v) is 4.19. The quantitative estimate of drug-likeness (QED) is 0.545. The maximum absolute atomic E-state index is 12.7. The molecule has 0 unspecified atom stereocenters. The smallest absolute Gasteiger partial charge is 0.343 e. The first-order valence-corrected chi connectivity index (χ1v) is 10.2. The number of methoxy groups -OCH3 is 2. The van der Waals surface area contributed by atoms with E-state index in [2.05, 4.69) is 31.3 Å². The molecule has 0 aliphatic carbocycles. The summed E-state index contributed by atoms with van der Waals surface area (Å²) in [6.45, 7) is 1.59. The van der Waals surface area contributed by atoms with E-state index in [1.165, 1.54) is 33.4 Å². The molecule has 2 amide bonds. The third-order valence-electron chi connectivity index (χ3n) is 3.37. The zero-order valence-electron chi connectivity index (χ0n) is 15.8. The number of esters is 1. The van der Waals surface area contributed by atoms with Crippen LogP contribution >= 0.6 is 15.9 Å². The number of sulfonamides is 1. The number of carbonyl (C=O) groups is 2. The molecule has 29 heavy (non-hydrogen) atoms. The second-order valence-electron chi connectivity index (χ2n) is 5.31. The normalized spacial score (nSPS) is 10.9. The molecular formula is C15H18BrN5O7S. The number of hydrogen-bond donors (Lipinski definition) is 2. The molecule has 14 heteroatoms. The van der Waals surface area contributed by atoms with Crippen LogP contribution in [0.2, 0.25) is 0 Å². The largest absolute Gasteiger partial charge is 0.496 e. The van der Waals surface area contributed by atoms with Gasteiger partial charge >= 0.3 is 12.0 Å². The number of hydrogen-bond acceptors (Lipinski definition) is 9. The minimum Gasteiger partial charge on any atom is -0.496 e. The van der Waals surface area contributed by atoms with Crippen molar-refractivity contribution < 1.29 is 32.2 Å². The Morgan fingerprint density at radius 3 is 2.52 bits per heavy atom. The van der Waals surface area contributed by atoms with Crippen LogP contribution in [-0.2, 0) is 21.8 Å². The SMILES string of the molecule is CCOC(=O)c1c(Br)nn(C)c1S(=O)(=O)NC(=O)Nc1cc(OC)cc(OC)n1. The van der Waals surface area contributed by atoms with E-state index >= 15 is 0 Å². The molecule has 0 spiro atoms. The monoisotopic (exact) mass is 491 g/mol. The fraction of sp³-hybridized carbons (Fsp3) is 0.333. The molecule has 0 saturated heterocycles. The van der Waals surface area contributed by atoms with Gasteiger partial charge < -0.3 is 14.2 Å². The highest BCUT2D eigenvalue weighted by molar-refractivity contribution is 9.10. The number of rotatable bonds is 7. The Labute approximate surface area is 174 Å².